The van der Waals surface area contributed by atoms with E-state index >= 15 is 0 Å². The van der Waals surface area contributed by atoms with Gasteiger partial charge in [0.05, 0.1) is 6.10 Å². The van der Waals surface area contributed by atoms with Gasteiger partial charge < -0.3 is 5.11 Å². The molecule has 0 aliphatic heterocycles. The lowest BCUT2D eigenvalue weighted by Gasteiger charge is -2.43. The molecule has 4 atom stereocenters. The van der Waals surface area contributed by atoms with Crippen LogP contribution in [0.2, 0.25) is 0 Å². The van der Waals surface area contributed by atoms with Gasteiger partial charge in [-0.3, -0.25) is 0 Å². The molecule has 2 aliphatic carbocycles. The molecule has 0 spiro atoms. The van der Waals surface area contributed by atoms with Gasteiger partial charge in [0.1, 0.15) is 0 Å². The lowest BCUT2D eigenvalue weighted by atomic mass is 9.63. The van der Waals surface area contributed by atoms with Crippen LogP contribution in [0.25, 0.3) is 0 Å². The number of aliphatic hydroxyl groups is 1. The Labute approximate surface area is 110 Å². The van der Waals surface area contributed by atoms with E-state index in [0.717, 1.165) is 11.5 Å². The molecule has 2 saturated carbocycles. The highest BCUT2D eigenvalue weighted by molar-refractivity contribution is 5.29. The molecular formula is C17H24O. The summed E-state index contributed by atoms with van der Waals surface area (Å²) in [6, 6.07) is 10.2. The first-order valence-corrected chi connectivity index (χ1v) is 7.25. The molecule has 1 nitrogen and oxygen atoms in total. The summed E-state index contributed by atoms with van der Waals surface area (Å²) in [5.74, 6) is 1.38. The number of rotatable bonds is 2. The van der Waals surface area contributed by atoms with Gasteiger partial charge in [-0.15, -0.1) is 0 Å². The maximum absolute atomic E-state index is 11.0. The molecule has 1 aromatic carbocycles. The Bertz CT molecular complexity index is 436. The van der Waals surface area contributed by atoms with Gasteiger partial charge in [0.25, 0.3) is 0 Å². The Hall–Kier alpha value is -0.820. The van der Waals surface area contributed by atoms with Crippen molar-refractivity contribution >= 4 is 0 Å². The molecule has 2 fully saturated rings. The number of hydrogen-bond donors (Lipinski definition) is 1. The van der Waals surface area contributed by atoms with E-state index in [1.54, 1.807) is 0 Å². The first-order chi connectivity index (χ1) is 8.52. The predicted molar refractivity (Wildman–Crippen MR) is 74.1 cm³/mol. The Morgan fingerprint density at radius 3 is 2.50 bits per heavy atom. The minimum atomic E-state index is -0.297. The van der Waals surface area contributed by atoms with Crippen molar-refractivity contribution in [2.24, 2.45) is 22.7 Å². The Morgan fingerprint density at radius 1 is 1.22 bits per heavy atom. The van der Waals surface area contributed by atoms with Gasteiger partial charge >= 0.3 is 0 Å². The van der Waals surface area contributed by atoms with E-state index in [0.29, 0.717) is 5.92 Å². The Morgan fingerprint density at radius 2 is 1.89 bits per heavy atom. The summed E-state index contributed by atoms with van der Waals surface area (Å²) in [6.07, 6.45) is 3.58. The topological polar surface area (TPSA) is 20.2 Å². The highest BCUT2D eigenvalue weighted by Crippen LogP contribution is 2.77. The number of hydrogen-bond acceptors (Lipinski definition) is 1. The molecule has 2 aliphatic rings. The van der Waals surface area contributed by atoms with Crippen molar-refractivity contribution in [3.63, 3.8) is 0 Å². The van der Waals surface area contributed by atoms with Crippen molar-refractivity contribution in [2.45, 2.75) is 46.1 Å². The molecule has 0 heterocycles. The molecule has 4 unspecified atom stereocenters. The maximum Gasteiger partial charge on any atom is 0.0856 e. The molecule has 0 amide bonds. The molecule has 1 aromatic rings. The van der Waals surface area contributed by atoms with E-state index < -0.39 is 0 Å². The molecule has 3 rings (SSSR count). The van der Waals surface area contributed by atoms with Gasteiger partial charge in [0.15, 0.2) is 0 Å². The second-order valence-corrected chi connectivity index (χ2v) is 6.92. The smallest absolute Gasteiger partial charge is 0.0856 e. The van der Waals surface area contributed by atoms with Crippen molar-refractivity contribution in [1.82, 2.24) is 0 Å². The molecular weight excluding hydrogens is 220 g/mol. The third-order valence-corrected chi connectivity index (χ3v) is 5.92. The second-order valence-electron chi connectivity index (χ2n) is 6.92. The van der Waals surface area contributed by atoms with E-state index in [1.807, 2.05) is 18.2 Å². The lowest BCUT2D eigenvalue weighted by Crippen LogP contribution is -2.36. The molecule has 98 valence electrons. The van der Waals surface area contributed by atoms with Crippen LogP contribution in [0.5, 0.6) is 0 Å². The van der Waals surface area contributed by atoms with Crippen molar-refractivity contribution in [3.8, 4) is 0 Å². The van der Waals surface area contributed by atoms with Crippen molar-refractivity contribution < 1.29 is 5.11 Å². The van der Waals surface area contributed by atoms with Gasteiger partial charge in [0, 0.05) is 5.41 Å². The molecule has 1 N–H and O–H groups in total. The van der Waals surface area contributed by atoms with Crippen molar-refractivity contribution in [3.05, 3.63) is 35.9 Å². The van der Waals surface area contributed by atoms with Crippen LogP contribution in [0.1, 0.15) is 51.7 Å². The maximum atomic E-state index is 11.0. The monoisotopic (exact) mass is 244 g/mol. The van der Waals surface area contributed by atoms with Crippen molar-refractivity contribution in [1.29, 1.82) is 0 Å². The lowest BCUT2D eigenvalue weighted by molar-refractivity contribution is -0.0264. The van der Waals surface area contributed by atoms with E-state index in [9.17, 15) is 5.11 Å². The van der Waals surface area contributed by atoms with Gasteiger partial charge in [-0.05, 0) is 35.7 Å². The van der Waals surface area contributed by atoms with Crippen molar-refractivity contribution in [2.75, 3.05) is 0 Å². The average Bonchev–Trinajstić information content (AvgIpc) is 2.97. The third-order valence-electron chi connectivity index (χ3n) is 5.92. The fourth-order valence-electron chi connectivity index (χ4n) is 5.00. The summed E-state index contributed by atoms with van der Waals surface area (Å²) in [7, 11) is 0. The predicted octanol–water partition coefficient (Wildman–Crippen LogP) is 4.18. The highest BCUT2D eigenvalue weighted by Gasteiger charge is 2.72. The molecule has 0 bridgehead atoms. The summed E-state index contributed by atoms with van der Waals surface area (Å²) >= 11 is 0. The van der Waals surface area contributed by atoms with Gasteiger partial charge in [-0.1, -0.05) is 57.5 Å². The van der Waals surface area contributed by atoms with Crippen LogP contribution in [-0.4, -0.2) is 5.11 Å². The third kappa shape index (κ3) is 1.37. The SMILES string of the molecule is CC1C2CCCC(C)(C)C12C(O)c1ccccc1. The zero-order chi connectivity index (χ0) is 13.0. The summed E-state index contributed by atoms with van der Waals surface area (Å²) in [5, 5.41) is 11.0. The summed E-state index contributed by atoms with van der Waals surface area (Å²) in [5.41, 5.74) is 1.47. The van der Waals surface area contributed by atoms with Crippen LogP contribution >= 0.6 is 0 Å². The molecule has 18 heavy (non-hydrogen) atoms. The fraction of sp³-hybridized carbons (Fsp3) is 0.647. The van der Waals surface area contributed by atoms with Gasteiger partial charge in [-0.2, -0.15) is 0 Å². The number of fused-ring (bicyclic) bond motifs is 1. The molecule has 1 heteroatoms. The minimum Gasteiger partial charge on any atom is -0.388 e. The van der Waals surface area contributed by atoms with Crippen LogP contribution < -0.4 is 0 Å². The second kappa shape index (κ2) is 3.84. The Balaban J connectivity index is 2.00. The molecule has 0 radical (unpaired) electrons. The molecule has 0 aromatic heterocycles. The number of benzene rings is 1. The first kappa shape index (κ1) is 12.2. The van der Waals surface area contributed by atoms with E-state index in [1.165, 1.54) is 19.3 Å². The highest BCUT2D eigenvalue weighted by atomic mass is 16.3. The fourth-order valence-corrected chi connectivity index (χ4v) is 5.00. The van der Waals surface area contributed by atoms with Crippen LogP contribution in [0.15, 0.2) is 30.3 Å². The summed E-state index contributed by atoms with van der Waals surface area (Å²) in [4.78, 5) is 0. The van der Waals surface area contributed by atoms with Gasteiger partial charge in [-0.25, -0.2) is 0 Å². The standard InChI is InChI=1S/C17H24O/c1-12-14-10-7-11-16(2,3)17(12,14)15(18)13-8-5-4-6-9-13/h4-6,8-9,12,14-15,18H,7,10-11H2,1-3H3. The number of aliphatic hydroxyl groups excluding tert-OH is 1. The van der Waals surface area contributed by atoms with Crippen LogP contribution in [0.4, 0.5) is 0 Å². The van der Waals surface area contributed by atoms with Crippen LogP contribution in [0.3, 0.4) is 0 Å². The van der Waals surface area contributed by atoms with Gasteiger partial charge in [0.2, 0.25) is 0 Å². The quantitative estimate of drug-likeness (QED) is 0.827. The molecule has 0 saturated heterocycles. The largest absolute Gasteiger partial charge is 0.388 e. The minimum absolute atomic E-state index is 0.118. The summed E-state index contributed by atoms with van der Waals surface area (Å²) < 4.78 is 0. The summed E-state index contributed by atoms with van der Waals surface area (Å²) in [6.45, 7) is 7.05. The zero-order valence-electron chi connectivity index (χ0n) is 11.7. The van der Waals surface area contributed by atoms with E-state index in [-0.39, 0.29) is 16.9 Å². The van der Waals surface area contributed by atoms with E-state index in [4.69, 9.17) is 0 Å². The first-order valence-electron chi connectivity index (χ1n) is 7.25. The average molecular weight is 244 g/mol. The van der Waals surface area contributed by atoms with E-state index in [2.05, 4.69) is 32.9 Å². The van der Waals surface area contributed by atoms with Crippen LogP contribution in [-0.2, 0) is 0 Å². The Kier molecular flexibility index (Phi) is 2.60. The normalized spacial score (nSPS) is 38.9. The zero-order valence-corrected chi connectivity index (χ0v) is 11.7. The van der Waals surface area contributed by atoms with Crippen LogP contribution in [0, 0.1) is 22.7 Å².